The lowest BCUT2D eigenvalue weighted by Gasteiger charge is -2.31. The van der Waals surface area contributed by atoms with Crippen LogP contribution in [0.1, 0.15) is 24.6 Å². The van der Waals surface area contributed by atoms with Gasteiger partial charge < -0.3 is 14.8 Å². The second-order valence-electron chi connectivity index (χ2n) is 5.69. The van der Waals surface area contributed by atoms with E-state index < -0.39 is 0 Å². The highest BCUT2D eigenvalue weighted by Gasteiger charge is 2.26. The molecule has 0 spiro atoms. The fraction of sp³-hybridized carbons (Fsp3) is 0.375. The highest BCUT2D eigenvalue weighted by molar-refractivity contribution is 6.43. The molecule has 7 heteroatoms. The maximum absolute atomic E-state index is 12.4. The summed E-state index contributed by atoms with van der Waals surface area (Å²) in [6.07, 6.45) is 5.58. The number of halogens is 2. The fourth-order valence-corrected chi connectivity index (χ4v) is 3.25. The van der Waals surface area contributed by atoms with E-state index in [-0.39, 0.29) is 6.03 Å². The first-order chi connectivity index (χ1) is 11.1. The van der Waals surface area contributed by atoms with Gasteiger partial charge in [-0.25, -0.2) is 9.78 Å². The lowest BCUT2D eigenvalue weighted by Crippen LogP contribution is -2.40. The average Bonchev–Trinajstić information content (AvgIpc) is 2.98. The van der Waals surface area contributed by atoms with Crippen molar-refractivity contribution in [2.75, 3.05) is 18.4 Å². The van der Waals surface area contributed by atoms with Crippen molar-refractivity contribution >= 4 is 34.9 Å². The third-order valence-corrected chi connectivity index (χ3v) is 5.02. The largest absolute Gasteiger partial charge is 0.338 e. The minimum Gasteiger partial charge on any atom is -0.338 e. The van der Waals surface area contributed by atoms with Gasteiger partial charge in [-0.1, -0.05) is 29.3 Å². The Morgan fingerprint density at radius 3 is 2.70 bits per heavy atom. The van der Waals surface area contributed by atoms with E-state index in [1.807, 2.05) is 24.0 Å². The number of carbonyl (C=O) groups excluding carboxylic acids is 1. The van der Waals surface area contributed by atoms with Crippen LogP contribution in [0.4, 0.5) is 10.5 Å². The number of piperidine rings is 1. The maximum atomic E-state index is 12.4. The molecule has 1 aliphatic heterocycles. The van der Waals surface area contributed by atoms with E-state index in [1.54, 1.807) is 23.1 Å². The first-order valence-electron chi connectivity index (χ1n) is 7.53. The van der Waals surface area contributed by atoms with Crippen molar-refractivity contribution in [1.29, 1.82) is 0 Å². The van der Waals surface area contributed by atoms with E-state index in [1.165, 1.54) is 0 Å². The van der Waals surface area contributed by atoms with Gasteiger partial charge in [0, 0.05) is 38.4 Å². The maximum Gasteiger partial charge on any atom is 0.321 e. The average molecular weight is 353 g/mol. The topological polar surface area (TPSA) is 50.2 Å². The van der Waals surface area contributed by atoms with Crippen LogP contribution in [0.2, 0.25) is 10.0 Å². The van der Waals surface area contributed by atoms with Crippen molar-refractivity contribution in [2.24, 2.45) is 7.05 Å². The standard InChI is InChI=1S/C16H18Cl2N4O/c1-21-10-7-19-15(21)11-5-8-22(9-6-11)16(23)20-13-4-2-3-12(17)14(13)18/h2-4,7,10-11H,5-6,8-9H2,1H3,(H,20,23). The minimum absolute atomic E-state index is 0.146. The summed E-state index contributed by atoms with van der Waals surface area (Å²) in [4.78, 5) is 18.6. The molecule has 0 bridgehead atoms. The molecule has 2 heterocycles. The normalized spacial score (nSPS) is 15.7. The molecule has 0 saturated carbocycles. The molecule has 1 N–H and O–H groups in total. The van der Waals surface area contributed by atoms with Gasteiger partial charge in [0.15, 0.2) is 0 Å². The Labute approximate surface area is 145 Å². The van der Waals surface area contributed by atoms with Crippen LogP contribution in [0.5, 0.6) is 0 Å². The molecule has 0 radical (unpaired) electrons. The number of nitrogens with zero attached hydrogens (tertiary/aromatic N) is 3. The van der Waals surface area contributed by atoms with Crippen LogP contribution in [-0.2, 0) is 7.05 Å². The van der Waals surface area contributed by atoms with Crippen LogP contribution in [0, 0.1) is 0 Å². The van der Waals surface area contributed by atoms with E-state index in [0.29, 0.717) is 34.7 Å². The van der Waals surface area contributed by atoms with Crippen molar-refractivity contribution in [3.63, 3.8) is 0 Å². The second kappa shape index (κ2) is 6.81. The Bertz CT molecular complexity index is 708. The zero-order valence-corrected chi connectivity index (χ0v) is 14.3. The number of amides is 2. The number of carbonyl (C=O) groups is 1. The van der Waals surface area contributed by atoms with Crippen molar-refractivity contribution in [1.82, 2.24) is 14.5 Å². The third-order valence-electron chi connectivity index (χ3n) is 4.20. The molecule has 1 fully saturated rings. The third kappa shape index (κ3) is 3.46. The SMILES string of the molecule is Cn1ccnc1C1CCN(C(=O)Nc2cccc(Cl)c2Cl)CC1. The van der Waals surface area contributed by atoms with E-state index >= 15 is 0 Å². The summed E-state index contributed by atoms with van der Waals surface area (Å²) in [5.74, 6) is 1.48. The molecule has 2 amide bonds. The summed E-state index contributed by atoms with van der Waals surface area (Å²) in [5.41, 5.74) is 0.537. The van der Waals surface area contributed by atoms with Crippen LogP contribution in [-0.4, -0.2) is 33.6 Å². The number of aryl methyl sites for hydroxylation is 1. The molecule has 1 aliphatic rings. The molecule has 2 aromatic rings. The number of likely N-dealkylation sites (tertiary alicyclic amines) is 1. The summed E-state index contributed by atoms with van der Waals surface area (Å²) < 4.78 is 2.05. The molecular weight excluding hydrogens is 335 g/mol. The van der Waals surface area contributed by atoms with Crippen molar-refractivity contribution in [2.45, 2.75) is 18.8 Å². The Morgan fingerprint density at radius 1 is 1.30 bits per heavy atom. The van der Waals surface area contributed by atoms with Crippen LogP contribution in [0.25, 0.3) is 0 Å². The molecule has 0 atom stereocenters. The van der Waals surface area contributed by atoms with E-state index in [4.69, 9.17) is 23.2 Å². The van der Waals surface area contributed by atoms with Gasteiger partial charge in [-0.05, 0) is 25.0 Å². The Balaban J connectivity index is 1.60. The number of aromatic nitrogens is 2. The quantitative estimate of drug-likeness (QED) is 0.882. The van der Waals surface area contributed by atoms with Crippen LogP contribution >= 0.6 is 23.2 Å². The molecule has 0 unspecified atom stereocenters. The van der Waals surface area contributed by atoms with Gasteiger partial charge in [-0.3, -0.25) is 0 Å². The smallest absolute Gasteiger partial charge is 0.321 e. The molecular formula is C16H18Cl2N4O. The molecule has 1 saturated heterocycles. The van der Waals surface area contributed by atoms with E-state index in [9.17, 15) is 4.79 Å². The van der Waals surface area contributed by atoms with Crippen molar-refractivity contribution < 1.29 is 4.79 Å². The number of benzene rings is 1. The molecule has 1 aromatic carbocycles. The predicted octanol–water partition coefficient (Wildman–Crippen LogP) is 4.14. The number of rotatable bonds is 2. The summed E-state index contributed by atoms with van der Waals surface area (Å²) in [6.45, 7) is 1.39. The molecule has 5 nitrogen and oxygen atoms in total. The summed E-state index contributed by atoms with van der Waals surface area (Å²) in [5, 5.41) is 3.63. The van der Waals surface area contributed by atoms with Crippen LogP contribution in [0.15, 0.2) is 30.6 Å². The summed E-state index contributed by atoms with van der Waals surface area (Å²) in [6, 6.07) is 5.05. The number of nitrogens with one attached hydrogen (secondary N) is 1. The Kier molecular flexibility index (Phi) is 4.78. The van der Waals surface area contributed by atoms with Gasteiger partial charge in [-0.2, -0.15) is 0 Å². The number of urea groups is 1. The Hall–Kier alpha value is -1.72. The summed E-state index contributed by atoms with van der Waals surface area (Å²) >= 11 is 12.1. The number of imidazole rings is 1. The molecule has 3 rings (SSSR count). The molecule has 122 valence electrons. The van der Waals surface area contributed by atoms with Gasteiger partial charge in [0.05, 0.1) is 15.7 Å². The predicted molar refractivity (Wildman–Crippen MR) is 92.2 cm³/mol. The molecule has 1 aromatic heterocycles. The van der Waals surface area contributed by atoms with Gasteiger partial charge in [0.2, 0.25) is 0 Å². The minimum atomic E-state index is -0.146. The molecule has 23 heavy (non-hydrogen) atoms. The zero-order valence-electron chi connectivity index (χ0n) is 12.8. The van der Waals surface area contributed by atoms with Crippen LogP contribution in [0.3, 0.4) is 0 Å². The van der Waals surface area contributed by atoms with Crippen LogP contribution < -0.4 is 5.32 Å². The monoisotopic (exact) mass is 352 g/mol. The lowest BCUT2D eigenvalue weighted by molar-refractivity contribution is 0.193. The zero-order chi connectivity index (χ0) is 16.4. The first kappa shape index (κ1) is 16.1. The second-order valence-corrected chi connectivity index (χ2v) is 6.47. The molecule has 0 aliphatic carbocycles. The van der Waals surface area contributed by atoms with Gasteiger partial charge in [0.25, 0.3) is 0 Å². The number of hydrogen-bond acceptors (Lipinski definition) is 2. The van der Waals surface area contributed by atoms with Gasteiger partial charge in [0.1, 0.15) is 5.82 Å². The van der Waals surface area contributed by atoms with E-state index in [0.717, 1.165) is 18.7 Å². The van der Waals surface area contributed by atoms with Gasteiger partial charge >= 0.3 is 6.03 Å². The Morgan fingerprint density at radius 2 is 2.04 bits per heavy atom. The van der Waals surface area contributed by atoms with Crippen molar-refractivity contribution in [3.05, 3.63) is 46.5 Å². The fourth-order valence-electron chi connectivity index (χ4n) is 2.91. The lowest BCUT2D eigenvalue weighted by atomic mass is 9.96. The first-order valence-corrected chi connectivity index (χ1v) is 8.29. The van der Waals surface area contributed by atoms with Gasteiger partial charge in [-0.15, -0.1) is 0 Å². The highest BCUT2D eigenvalue weighted by Crippen LogP contribution is 2.31. The number of anilines is 1. The summed E-state index contributed by atoms with van der Waals surface area (Å²) in [7, 11) is 2.00. The van der Waals surface area contributed by atoms with E-state index in [2.05, 4.69) is 10.3 Å². The number of hydrogen-bond donors (Lipinski definition) is 1. The highest BCUT2D eigenvalue weighted by atomic mass is 35.5. The van der Waals surface area contributed by atoms with Crippen molar-refractivity contribution in [3.8, 4) is 0 Å².